The van der Waals surface area contributed by atoms with Gasteiger partial charge in [0.15, 0.2) is 11.3 Å². The number of aromatic amines is 2. The van der Waals surface area contributed by atoms with Crippen molar-refractivity contribution in [3.63, 3.8) is 0 Å². The van der Waals surface area contributed by atoms with Crippen molar-refractivity contribution in [3.05, 3.63) is 96.4 Å². The fourth-order valence-electron chi connectivity index (χ4n) is 11.1. The van der Waals surface area contributed by atoms with Crippen LogP contribution in [-0.4, -0.2) is 129 Å². The van der Waals surface area contributed by atoms with Crippen LogP contribution in [0.2, 0.25) is 0 Å². The molecule has 0 radical (unpaired) electrons. The van der Waals surface area contributed by atoms with E-state index in [9.17, 15) is 20.1 Å². The van der Waals surface area contributed by atoms with Crippen molar-refractivity contribution in [2.75, 3.05) is 13.2 Å². The number of nitrogens with zero attached hydrogens (tertiary/aromatic N) is 9. The Morgan fingerprint density at radius 2 is 1.09 bits per heavy atom. The number of carbonyl (C=O) groups excluding carboxylic acids is 1. The van der Waals surface area contributed by atoms with Gasteiger partial charge in [-0.25, -0.2) is 14.8 Å². The second-order valence-corrected chi connectivity index (χ2v) is 19.9. The number of aliphatic hydroxyl groups excluding tert-OH is 2. The molecular weight excluding hydrogens is 893 g/mol. The SMILES string of the molecule is C.CC(C)(O)c1ccc(-c2cnn3c2nc(C2C[C@H]4CC[C@@H](C2)N4)c2cc[nH]c23)cn1.CC(C)(O)c1ccc(-c2cnn3c2nc(C2C[C@H]4CC[C@@H](C2)N4C(=O)CO)c2cc[nH]c23)cn1.O=C(O)CO. The van der Waals surface area contributed by atoms with Gasteiger partial charge >= 0.3 is 5.97 Å². The number of carboxylic acid groups (broad SMARTS) is 1. The number of amides is 1. The highest BCUT2D eigenvalue weighted by atomic mass is 16.4. The summed E-state index contributed by atoms with van der Waals surface area (Å²) in [5, 5.41) is 60.0. The monoisotopic (exact) mass is 954 g/mol. The van der Waals surface area contributed by atoms with Gasteiger partial charge in [-0.1, -0.05) is 19.6 Å². The highest BCUT2D eigenvalue weighted by Gasteiger charge is 2.44. The highest BCUT2D eigenvalue weighted by molar-refractivity contribution is 5.88. The smallest absolute Gasteiger partial charge is 0.329 e. The molecule has 4 aliphatic rings. The maximum Gasteiger partial charge on any atom is 0.329 e. The molecule has 368 valence electrons. The average Bonchev–Trinajstić information content (AvgIpc) is 4.21. The molecule has 1 amide bonds. The van der Waals surface area contributed by atoms with Gasteiger partial charge < -0.3 is 45.7 Å². The summed E-state index contributed by atoms with van der Waals surface area (Å²) in [6, 6.07) is 13.3. The lowest BCUT2D eigenvalue weighted by atomic mass is 9.86. The van der Waals surface area contributed by atoms with Crippen LogP contribution < -0.4 is 5.32 Å². The van der Waals surface area contributed by atoms with E-state index in [2.05, 4.69) is 41.5 Å². The van der Waals surface area contributed by atoms with Gasteiger partial charge in [-0.2, -0.15) is 19.2 Å². The first-order valence-electron chi connectivity index (χ1n) is 23.7. The van der Waals surface area contributed by atoms with Crippen LogP contribution in [0.15, 0.2) is 73.6 Å². The third-order valence-corrected chi connectivity index (χ3v) is 14.3. The zero-order valence-corrected chi connectivity index (χ0v) is 39.0. The first kappa shape index (κ1) is 48.4. The number of aromatic nitrogens is 10. The Balaban J connectivity index is 0.000000158. The van der Waals surface area contributed by atoms with E-state index >= 15 is 0 Å². The normalized spacial score (nSPS) is 21.9. The van der Waals surface area contributed by atoms with Crippen molar-refractivity contribution in [1.82, 2.24) is 59.3 Å². The number of nitrogens with one attached hydrogen (secondary N) is 3. The van der Waals surface area contributed by atoms with E-state index in [1.165, 1.54) is 23.9 Å². The first-order chi connectivity index (χ1) is 33.1. The fraction of sp³-hybridized carbons (Fsp3) is 0.451. The number of piperidine rings is 2. The van der Waals surface area contributed by atoms with Crippen LogP contribution in [0.5, 0.6) is 0 Å². The molecule has 19 nitrogen and oxygen atoms in total. The van der Waals surface area contributed by atoms with Crippen LogP contribution >= 0.6 is 0 Å². The van der Waals surface area contributed by atoms with Gasteiger partial charge in [0.2, 0.25) is 5.91 Å². The number of hydrogen-bond acceptors (Lipinski definition) is 13. The van der Waals surface area contributed by atoms with E-state index in [0.717, 1.165) is 94.4 Å². The minimum atomic E-state index is -1.19. The molecule has 8 aromatic heterocycles. The number of hydrogen-bond donors (Lipinski definition) is 8. The lowest BCUT2D eigenvalue weighted by Gasteiger charge is -2.38. The molecule has 70 heavy (non-hydrogen) atoms. The molecule has 4 aliphatic heterocycles. The van der Waals surface area contributed by atoms with Gasteiger partial charge in [-0.15, -0.1) is 0 Å². The maximum absolute atomic E-state index is 12.3. The third kappa shape index (κ3) is 9.03. The average molecular weight is 955 g/mol. The van der Waals surface area contributed by atoms with E-state index < -0.39 is 30.4 Å². The molecular formula is C51H62N12O7. The van der Waals surface area contributed by atoms with Crippen molar-refractivity contribution in [2.45, 2.75) is 134 Å². The van der Waals surface area contributed by atoms with Crippen molar-refractivity contribution in [3.8, 4) is 22.3 Å². The summed E-state index contributed by atoms with van der Waals surface area (Å²) in [4.78, 5) is 49.3. The van der Waals surface area contributed by atoms with E-state index in [-0.39, 0.29) is 31.3 Å². The number of aliphatic carboxylic acids is 1. The Bertz CT molecular complexity index is 3140. The van der Waals surface area contributed by atoms with E-state index in [0.29, 0.717) is 29.4 Å². The summed E-state index contributed by atoms with van der Waals surface area (Å²) in [5.41, 5.74) is 8.66. The summed E-state index contributed by atoms with van der Waals surface area (Å²) < 4.78 is 3.73. The quantitative estimate of drug-likeness (QED) is 0.0878. The number of fused-ring (bicyclic) bond motifs is 10. The molecule has 12 rings (SSSR count). The first-order valence-corrected chi connectivity index (χ1v) is 23.7. The lowest BCUT2D eigenvalue weighted by molar-refractivity contribution is -0.140. The summed E-state index contributed by atoms with van der Waals surface area (Å²) in [7, 11) is 0. The number of H-pyrrole nitrogens is 2. The fourth-order valence-corrected chi connectivity index (χ4v) is 11.1. The van der Waals surface area contributed by atoms with Crippen molar-refractivity contribution in [1.29, 1.82) is 0 Å². The van der Waals surface area contributed by atoms with Crippen LogP contribution in [0.1, 0.15) is 121 Å². The molecule has 0 saturated carbocycles. The molecule has 0 aromatic carbocycles. The number of aliphatic hydroxyl groups is 4. The number of rotatable bonds is 8. The second-order valence-electron chi connectivity index (χ2n) is 19.9. The Kier molecular flexibility index (Phi) is 13.1. The molecule has 4 bridgehead atoms. The van der Waals surface area contributed by atoms with Crippen LogP contribution in [0, 0.1) is 0 Å². The summed E-state index contributed by atoms with van der Waals surface area (Å²) in [6.07, 6.45) is 19.6. The van der Waals surface area contributed by atoms with Crippen LogP contribution in [0.3, 0.4) is 0 Å². The topological polar surface area (TPSA) is 268 Å². The predicted octanol–water partition coefficient (Wildman–Crippen LogP) is 5.93. The molecule has 4 fully saturated rings. The standard InChI is InChI=1S/C25H28N6O3.C23H26N6O.C2H4O3.CH4/c1-25(2,34)20-6-3-14(11-27-20)19-12-28-31-23-18(7-8-26-23)22(29-24(19)31)15-9-16-4-5-17(10-15)30(16)21(33)13-32;1-23(2,30)19-6-3-13(11-25-19)18-12-26-29-21-17(7-8-24-21)20(28-22(18)29)14-9-15-4-5-16(10-14)27-15;3-1-2(4)5;/h3,6-8,11-12,15-17,26,32,34H,4-5,9-10,13H2,1-2H3;3,6-8,11-12,14-16,24,27,30H,4-5,9-10H2,1-2H3;3H,1H2,(H,4,5);1H4/t15?,16-,17+;14?,15-,16+;;. The zero-order valence-electron chi connectivity index (χ0n) is 39.0. The summed E-state index contributed by atoms with van der Waals surface area (Å²) >= 11 is 0. The molecule has 6 atom stereocenters. The van der Waals surface area contributed by atoms with E-state index in [1.54, 1.807) is 46.3 Å². The van der Waals surface area contributed by atoms with Gasteiger partial charge in [-0.3, -0.25) is 14.8 Å². The molecule has 8 aromatic rings. The van der Waals surface area contributed by atoms with Gasteiger partial charge in [0.1, 0.15) is 35.7 Å². The Hall–Kier alpha value is -6.64. The predicted molar refractivity (Wildman–Crippen MR) is 263 cm³/mol. The van der Waals surface area contributed by atoms with Gasteiger partial charge in [0, 0.05) is 93.8 Å². The lowest BCUT2D eigenvalue weighted by Crippen LogP contribution is -2.47. The Morgan fingerprint density at radius 1 is 0.643 bits per heavy atom. The van der Waals surface area contributed by atoms with Crippen LogP contribution in [0.25, 0.3) is 55.6 Å². The number of carboxylic acids is 1. The Labute approximate surface area is 404 Å². The maximum atomic E-state index is 12.3. The summed E-state index contributed by atoms with van der Waals surface area (Å²) in [5.74, 6) is -0.668. The van der Waals surface area contributed by atoms with Crippen molar-refractivity contribution in [2.24, 2.45) is 0 Å². The molecule has 12 heterocycles. The van der Waals surface area contributed by atoms with E-state index in [4.69, 9.17) is 25.0 Å². The molecule has 2 unspecified atom stereocenters. The van der Waals surface area contributed by atoms with Crippen molar-refractivity contribution >= 4 is 45.2 Å². The highest BCUT2D eigenvalue weighted by Crippen LogP contribution is 2.45. The number of pyridine rings is 2. The van der Waals surface area contributed by atoms with Crippen LogP contribution in [0.4, 0.5) is 0 Å². The number of carbonyl (C=O) groups is 2. The minimum absolute atomic E-state index is 0. The van der Waals surface area contributed by atoms with E-state index in [1.807, 2.05) is 62.9 Å². The Morgan fingerprint density at radius 3 is 1.47 bits per heavy atom. The molecule has 8 N–H and O–H groups in total. The molecule has 0 spiro atoms. The molecule has 0 aliphatic carbocycles. The molecule has 19 heteroatoms. The molecule has 4 saturated heterocycles. The van der Waals surface area contributed by atoms with Gasteiger partial charge in [-0.05, 0) is 103 Å². The van der Waals surface area contributed by atoms with Crippen LogP contribution in [-0.2, 0) is 20.8 Å². The summed E-state index contributed by atoms with van der Waals surface area (Å²) in [6.45, 7) is 5.71. The van der Waals surface area contributed by atoms with Gasteiger partial charge in [0.25, 0.3) is 0 Å². The van der Waals surface area contributed by atoms with Crippen molar-refractivity contribution < 1.29 is 35.1 Å². The third-order valence-electron chi connectivity index (χ3n) is 14.3. The largest absolute Gasteiger partial charge is 0.480 e. The van der Waals surface area contributed by atoms with Gasteiger partial charge in [0.05, 0.1) is 35.2 Å². The second kappa shape index (κ2) is 18.9. The zero-order chi connectivity index (χ0) is 48.4. The minimum Gasteiger partial charge on any atom is -0.480 e.